The van der Waals surface area contributed by atoms with E-state index in [1.54, 1.807) is 0 Å². The van der Waals surface area contributed by atoms with Gasteiger partial charge in [-0.1, -0.05) is 68.4 Å². The van der Waals surface area contributed by atoms with E-state index in [0.29, 0.717) is 12.6 Å². The van der Waals surface area contributed by atoms with Crippen LogP contribution in [0.4, 0.5) is 0 Å². The van der Waals surface area contributed by atoms with Crippen molar-refractivity contribution in [2.75, 3.05) is 0 Å². The van der Waals surface area contributed by atoms with Crippen molar-refractivity contribution in [1.82, 2.24) is 5.32 Å². The minimum atomic E-state index is 0.438. The third-order valence-corrected chi connectivity index (χ3v) is 4.33. The third-order valence-electron chi connectivity index (χ3n) is 4.33. The Balaban J connectivity index is 1.91. The minimum absolute atomic E-state index is 0.438. The van der Waals surface area contributed by atoms with Crippen LogP contribution in [0.2, 0.25) is 0 Å². The Morgan fingerprint density at radius 3 is 2.46 bits per heavy atom. The molecule has 0 aliphatic carbocycles. The molecule has 0 heterocycles. The van der Waals surface area contributed by atoms with Crippen LogP contribution in [0.1, 0.15) is 30.5 Å². The van der Waals surface area contributed by atoms with Crippen molar-refractivity contribution >= 4 is 10.8 Å². The van der Waals surface area contributed by atoms with E-state index in [-0.39, 0.29) is 0 Å². The molecule has 0 unspecified atom stereocenters. The molecule has 2 nitrogen and oxygen atoms in total. The molecule has 0 spiro atoms. The lowest BCUT2D eigenvalue weighted by atomic mass is 10.0. The van der Waals surface area contributed by atoms with Crippen LogP contribution < -0.4 is 10.1 Å². The Labute approximate surface area is 144 Å². The van der Waals surface area contributed by atoms with Gasteiger partial charge in [-0.05, 0) is 34.9 Å². The molecule has 3 aromatic carbocycles. The fourth-order valence-corrected chi connectivity index (χ4v) is 2.87. The molecule has 0 aliphatic rings. The Hall–Kier alpha value is -2.32. The molecular weight excluding hydrogens is 294 g/mol. The van der Waals surface area contributed by atoms with E-state index in [9.17, 15) is 0 Å². The Kier molecular flexibility index (Phi) is 5.17. The summed E-state index contributed by atoms with van der Waals surface area (Å²) >= 11 is 0. The maximum atomic E-state index is 6.20. The molecule has 0 atom stereocenters. The lowest BCUT2D eigenvalue weighted by molar-refractivity contribution is 0.301. The molecule has 0 radical (unpaired) electrons. The standard InChI is InChI=1S/C22H25NO/c1-16(2)23-14-21-20-11-7-6-9-18(20)12-13-22(21)24-15-19-10-5-4-8-17(19)3/h4-13,16,23H,14-15H2,1-3H3. The van der Waals surface area contributed by atoms with Gasteiger partial charge < -0.3 is 10.1 Å². The van der Waals surface area contributed by atoms with Crippen LogP contribution in [-0.4, -0.2) is 6.04 Å². The number of benzene rings is 3. The van der Waals surface area contributed by atoms with Gasteiger partial charge in [0.05, 0.1) is 0 Å². The SMILES string of the molecule is Cc1ccccc1COc1ccc2ccccc2c1CNC(C)C. The van der Waals surface area contributed by atoms with Crippen LogP contribution in [0.15, 0.2) is 60.7 Å². The quantitative estimate of drug-likeness (QED) is 0.672. The zero-order chi connectivity index (χ0) is 16.9. The van der Waals surface area contributed by atoms with E-state index >= 15 is 0 Å². The highest BCUT2D eigenvalue weighted by atomic mass is 16.5. The van der Waals surface area contributed by atoms with Gasteiger partial charge in [0, 0.05) is 18.2 Å². The molecule has 1 N–H and O–H groups in total. The summed E-state index contributed by atoms with van der Waals surface area (Å²) in [5.41, 5.74) is 3.73. The predicted molar refractivity (Wildman–Crippen MR) is 101 cm³/mol. The van der Waals surface area contributed by atoms with Gasteiger partial charge in [-0.2, -0.15) is 0 Å². The highest BCUT2D eigenvalue weighted by molar-refractivity contribution is 5.87. The van der Waals surface area contributed by atoms with Crippen LogP contribution in [-0.2, 0) is 13.2 Å². The number of aryl methyl sites for hydroxylation is 1. The van der Waals surface area contributed by atoms with E-state index < -0.39 is 0 Å². The molecule has 0 aromatic heterocycles. The summed E-state index contributed by atoms with van der Waals surface area (Å²) < 4.78 is 6.20. The monoisotopic (exact) mass is 319 g/mol. The van der Waals surface area contributed by atoms with Gasteiger partial charge in [-0.3, -0.25) is 0 Å². The maximum Gasteiger partial charge on any atom is 0.124 e. The molecule has 0 fully saturated rings. The average molecular weight is 319 g/mol. The van der Waals surface area contributed by atoms with Gasteiger partial charge >= 0.3 is 0 Å². The third kappa shape index (κ3) is 3.77. The van der Waals surface area contributed by atoms with Crippen molar-refractivity contribution in [3.8, 4) is 5.75 Å². The molecule has 2 heteroatoms. The van der Waals surface area contributed by atoms with Crippen LogP contribution in [0.5, 0.6) is 5.75 Å². The molecule has 0 saturated carbocycles. The van der Waals surface area contributed by atoms with Crippen molar-refractivity contribution in [3.05, 3.63) is 77.4 Å². The van der Waals surface area contributed by atoms with E-state index in [1.807, 2.05) is 0 Å². The summed E-state index contributed by atoms with van der Waals surface area (Å²) in [6.45, 7) is 7.86. The number of fused-ring (bicyclic) bond motifs is 1. The first-order valence-electron chi connectivity index (χ1n) is 8.56. The van der Waals surface area contributed by atoms with Gasteiger partial charge in [0.1, 0.15) is 12.4 Å². The summed E-state index contributed by atoms with van der Waals surface area (Å²) in [7, 11) is 0. The minimum Gasteiger partial charge on any atom is -0.489 e. The van der Waals surface area contributed by atoms with Crippen molar-refractivity contribution < 1.29 is 4.74 Å². The Morgan fingerprint density at radius 1 is 0.917 bits per heavy atom. The van der Waals surface area contributed by atoms with E-state index in [1.165, 1.54) is 27.5 Å². The van der Waals surface area contributed by atoms with E-state index in [0.717, 1.165) is 12.3 Å². The molecule has 3 rings (SSSR count). The average Bonchev–Trinajstić information content (AvgIpc) is 2.59. The van der Waals surface area contributed by atoms with Crippen LogP contribution >= 0.6 is 0 Å². The maximum absolute atomic E-state index is 6.20. The Bertz CT molecular complexity index is 823. The van der Waals surface area contributed by atoms with Gasteiger partial charge in [-0.25, -0.2) is 0 Å². The fraction of sp³-hybridized carbons (Fsp3) is 0.273. The highest BCUT2D eigenvalue weighted by Crippen LogP contribution is 2.29. The molecule has 124 valence electrons. The smallest absolute Gasteiger partial charge is 0.124 e. The van der Waals surface area contributed by atoms with Gasteiger partial charge in [0.2, 0.25) is 0 Å². The molecule has 0 saturated heterocycles. The second-order valence-corrected chi connectivity index (χ2v) is 6.51. The highest BCUT2D eigenvalue weighted by Gasteiger charge is 2.10. The van der Waals surface area contributed by atoms with Gasteiger partial charge in [-0.15, -0.1) is 0 Å². The molecule has 24 heavy (non-hydrogen) atoms. The number of rotatable bonds is 6. The van der Waals surface area contributed by atoms with Crippen molar-refractivity contribution in [2.45, 2.75) is 40.0 Å². The first-order chi connectivity index (χ1) is 11.6. The first kappa shape index (κ1) is 16.5. The molecule has 0 amide bonds. The van der Waals surface area contributed by atoms with E-state index in [4.69, 9.17) is 4.74 Å². The van der Waals surface area contributed by atoms with Gasteiger partial charge in [0.25, 0.3) is 0 Å². The second-order valence-electron chi connectivity index (χ2n) is 6.51. The van der Waals surface area contributed by atoms with Crippen molar-refractivity contribution in [3.63, 3.8) is 0 Å². The zero-order valence-corrected chi connectivity index (χ0v) is 14.7. The van der Waals surface area contributed by atoms with Crippen molar-refractivity contribution in [2.24, 2.45) is 0 Å². The summed E-state index contributed by atoms with van der Waals surface area (Å²) in [6.07, 6.45) is 0. The summed E-state index contributed by atoms with van der Waals surface area (Å²) in [5.74, 6) is 0.963. The van der Waals surface area contributed by atoms with Crippen molar-refractivity contribution in [1.29, 1.82) is 0 Å². The summed E-state index contributed by atoms with van der Waals surface area (Å²) in [5, 5.41) is 6.03. The summed E-state index contributed by atoms with van der Waals surface area (Å²) in [6, 6.07) is 21.5. The topological polar surface area (TPSA) is 21.3 Å². The second kappa shape index (κ2) is 7.50. The largest absolute Gasteiger partial charge is 0.489 e. The normalized spacial score (nSPS) is 11.2. The number of hydrogen-bond acceptors (Lipinski definition) is 2. The first-order valence-corrected chi connectivity index (χ1v) is 8.56. The van der Waals surface area contributed by atoms with E-state index in [2.05, 4.69) is 86.8 Å². The predicted octanol–water partition coefficient (Wildman–Crippen LogP) is 5.23. The lowest BCUT2D eigenvalue weighted by Gasteiger charge is -2.17. The number of nitrogens with one attached hydrogen (secondary N) is 1. The molecule has 0 bridgehead atoms. The fourth-order valence-electron chi connectivity index (χ4n) is 2.87. The van der Waals surface area contributed by atoms with Crippen LogP contribution in [0.25, 0.3) is 10.8 Å². The van der Waals surface area contributed by atoms with Crippen LogP contribution in [0, 0.1) is 6.92 Å². The zero-order valence-electron chi connectivity index (χ0n) is 14.7. The molecule has 0 aliphatic heterocycles. The molecular formula is C22H25NO. The van der Waals surface area contributed by atoms with Gasteiger partial charge in [0.15, 0.2) is 0 Å². The van der Waals surface area contributed by atoms with Crippen LogP contribution in [0.3, 0.4) is 0 Å². The molecule has 3 aromatic rings. The number of hydrogen-bond donors (Lipinski definition) is 1. The number of ether oxygens (including phenoxy) is 1. The Morgan fingerprint density at radius 2 is 1.67 bits per heavy atom. The lowest BCUT2D eigenvalue weighted by Crippen LogP contribution is -2.22. The summed E-state index contributed by atoms with van der Waals surface area (Å²) in [4.78, 5) is 0.